The molecule has 1 saturated heterocycles. The van der Waals surface area contributed by atoms with Crippen molar-refractivity contribution < 1.29 is 9.53 Å². The lowest BCUT2D eigenvalue weighted by atomic mass is 9.96. The highest BCUT2D eigenvalue weighted by atomic mass is 32.1. The summed E-state index contributed by atoms with van der Waals surface area (Å²) in [5.41, 5.74) is 4.75. The number of aromatic nitrogens is 3. The second kappa shape index (κ2) is 7.57. The molecule has 0 radical (unpaired) electrons. The van der Waals surface area contributed by atoms with Crippen LogP contribution in [0, 0.1) is 5.92 Å². The van der Waals surface area contributed by atoms with Gasteiger partial charge in [-0.3, -0.25) is 14.3 Å². The van der Waals surface area contributed by atoms with E-state index in [0.717, 1.165) is 63.6 Å². The van der Waals surface area contributed by atoms with E-state index in [-0.39, 0.29) is 5.91 Å². The molecule has 0 unspecified atom stereocenters. The van der Waals surface area contributed by atoms with Crippen molar-refractivity contribution in [1.29, 1.82) is 0 Å². The molecule has 5 rings (SSSR count). The maximum absolute atomic E-state index is 12.9. The monoisotopic (exact) mass is 406 g/mol. The lowest BCUT2D eigenvalue weighted by Crippen LogP contribution is -2.21. The predicted octanol–water partition coefficient (Wildman–Crippen LogP) is 4.81. The summed E-state index contributed by atoms with van der Waals surface area (Å²) in [5, 5.41) is 4.00. The summed E-state index contributed by atoms with van der Waals surface area (Å²) in [6.45, 7) is 1.51. The zero-order chi connectivity index (χ0) is 19.8. The molecule has 7 heteroatoms. The van der Waals surface area contributed by atoms with Crippen molar-refractivity contribution >= 4 is 43.6 Å². The Hall–Kier alpha value is -2.77. The molecule has 3 aromatic heterocycles. The number of benzene rings is 1. The van der Waals surface area contributed by atoms with Crippen molar-refractivity contribution in [3.05, 3.63) is 42.7 Å². The van der Waals surface area contributed by atoms with Gasteiger partial charge in [-0.05, 0) is 48.6 Å². The average molecular weight is 407 g/mol. The van der Waals surface area contributed by atoms with Gasteiger partial charge in [-0.1, -0.05) is 17.4 Å². The third-order valence-electron chi connectivity index (χ3n) is 5.55. The van der Waals surface area contributed by atoms with Crippen molar-refractivity contribution in [3.63, 3.8) is 0 Å². The second-order valence-corrected chi connectivity index (χ2v) is 8.45. The molecule has 6 nitrogen and oxygen atoms in total. The number of fused-ring (bicyclic) bond motifs is 2. The van der Waals surface area contributed by atoms with Crippen molar-refractivity contribution in [2.75, 3.05) is 25.6 Å². The van der Waals surface area contributed by atoms with E-state index < -0.39 is 0 Å². The third kappa shape index (κ3) is 3.52. The van der Waals surface area contributed by atoms with E-state index in [2.05, 4.69) is 33.5 Å². The van der Waals surface area contributed by atoms with Crippen LogP contribution in [0.25, 0.3) is 32.4 Å². The number of carbonyl (C=O) groups excluding carboxylic acids is 1. The maximum atomic E-state index is 12.9. The van der Waals surface area contributed by atoms with Gasteiger partial charge in [0.2, 0.25) is 5.91 Å². The minimum Gasteiger partial charge on any atom is -0.381 e. The number of ether oxygens (including phenoxy) is 1. The number of pyridine rings is 1. The van der Waals surface area contributed by atoms with Crippen LogP contribution in [0.2, 0.25) is 0 Å². The summed E-state index contributed by atoms with van der Waals surface area (Å²) >= 11 is 1.63. The first-order valence-electron chi connectivity index (χ1n) is 9.88. The summed E-state index contributed by atoms with van der Waals surface area (Å²) in [4.78, 5) is 22.1. The van der Waals surface area contributed by atoms with Crippen molar-refractivity contribution in [1.82, 2.24) is 14.5 Å². The van der Waals surface area contributed by atoms with Crippen LogP contribution >= 0.6 is 11.3 Å². The summed E-state index contributed by atoms with van der Waals surface area (Å²) < 4.78 is 8.29. The Bertz CT molecular complexity index is 1190. The standard InChI is InChI=1S/C22H22N4O2S/c1-23-22-25-18-3-2-15(12-20(18)29-22)16-11-19-17(24-13-16)4-7-26(19)21(27)10-14-5-8-28-9-6-14/h2-4,7,11-14H,5-6,8-10H2,1H3,(H,23,25). The highest BCUT2D eigenvalue weighted by molar-refractivity contribution is 7.22. The first-order valence-corrected chi connectivity index (χ1v) is 10.7. The highest BCUT2D eigenvalue weighted by Gasteiger charge is 2.19. The number of thiazole rings is 1. The molecule has 1 aliphatic rings. The molecule has 1 aliphatic heterocycles. The van der Waals surface area contributed by atoms with Crippen molar-refractivity contribution in [2.45, 2.75) is 19.3 Å². The topological polar surface area (TPSA) is 69.0 Å². The summed E-state index contributed by atoms with van der Waals surface area (Å²) in [7, 11) is 1.88. The smallest absolute Gasteiger partial charge is 0.231 e. The zero-order valence-corrected chi connectivity index (χ0v) is 17.0. The number of nitrogens with zero attached hydrogens (tertiary/aromatic N) is 3. The summed E-state index contributed by atoms with van der Waals surface area (Å²) in [6, 6.07) is 10.2. The number of nitrogens with one attached hydrogen (secondary N) is 1. The van der Waals surface area contributed by atoms with Crippen molar-refractivity contribution in [2.24, 2.45) is 5.92 Å². The van der Waals surface area contributed by atoms with Crippen LogP contribution in [0.5, 0.6) is 0 Å². The highest BCUT2D eigenvalue weighted by Crippen LogP contribution is 2.31. The van der Waals surface area contributed by atoms with Crippen LogP contribution in [-0.4, -0.2) is 40.7 Å². The van der Waals surface area contributed by atoms with Gasteiger partial charge in [0.25, 0.3) is 0 Å². The minimum absolute atomic E-state index is 0.127. The minimum atomic E-state index is 0.127. The maximum Gasteiger partial charge on any atom is 0.231 e. The van der Waals surface area contributed by atoms with Crippen LogP contribution in [0.3, 0.4) is 0 Å². The van der Waals surface area contributed by atoms with Gasteiger partial charge >= 0.3 is 0 Å². The molecule has 4 heterocycles. The van der Waals surface area contributed by atoms with Crippen LogP contribution in [0.4, 0.5) is 5.13 Å². The zero-order valence-electron chi connectivity index (χ0n) is 16.2. The van der Waals surface area contributed by atoms with E-state index in [9.17, 15) is 4.79 Å². The largest absolute Gasteiger partial charge is 0.381 e. The molecule has 0 aliphatic carbocycles. The molecule has 0 atom stereocenters. The van der Waals surface area contributed by atoms with E-state index in [1.807, 2.05) is 31.6 Å². The first-order chi connectivity index (χ1) is 14.2. The van der Waals surface area contributed by atoms with E-state index in [4.69, 9.17) is 4.74 Å². The van der Waals surface area contributed by atoms with Gasteiger partial charge in [-0.2, -0.15) is 0 Å². The average Bonchev–Trinajstić information content (AvgIpc) is 3.37. The first kappa shape index (κ1) is 18.3. The van der Waals surface area contributed by atoms with Crippen LogP contribution in [0.15, 0.2) is 42.7 Å². The molecule has 1 N–H and O–H groups in total. The molecule has 0 bridgehead atoms. The normalized spacial score (nSPS) is 15.2. The van der Waals surface area contributed by atoms with Crippen LogP contribution < -0.4 is 5.32 Å². The number of hydrogen-bond donors (Lipinski definition) is 1. The number of rotatable bonds is 4. The van der Waals surface area contributed by atoms with E-state index in [1.165, 1.54) is 0 Å². The number of hydrogen-bond acceptors (Lipinski definition) is 6. The molecule has 1 fully saturated rings. The molecule has 0 amide bonds. The second-order valence-electron chi connectivity index (χ2n) is 7.42. The van der Waals surface area contributed by atoms with Gasteiger partial charge in [0.05, 0.1) is 21.3 Å². The molecular weight excluding hydrogens is 384 g/mol. The molecule has 0 saturated carbocycles. The quantitative estimate of drug-likeness (QED) is 0.527. The number of carbonyl (C=O) groups is 1. The Balaban J connectivity index is 1.48. The van der Waals surface area contributed by atoms with Gasteiger partial charge < -0.3 is 10.1 Å². The Kier molecular flexibility index (Phi) is 4.77. The number of anilines is 1. The molecule has 0 spiro atoms. The van der Waals surface area contributed by atoms with Crippen LogP contribution in [0.1, 0.15) is 24.1 Å². The SMILES string of the molecule is CNc1nc2ccc(-c3cnc4ccn(C(=O)CC5CCOCC5)c4c3)cc2s1. The molecule has 148 valence electrons. The van der Waals surface area contributed by atoms with E-state index in [0.29, 0.717) is 12.3 Å². The molecule has 4 aromatic rings. The van der Waals surface area contributed by atoms with Gasteiger partial charge in [-0.15, -0.1) is 0 Å². The van der Waals surface area contributed by atoms with Gasteiger partial charge in [-0.25, -0.2) is 4.98 Å². The molecule has 1 aromatic carbocycles. The summed E-state index contributed by atoms with van der Waals surface area (Å²) in [6.07, 6.45) is 6.18. The Morgan fingerprint density at radius 3 is 2.90 bits per heavy atom. The molecular formula is C22H22N4O2S. The van der Waals surface area contributed by atoms with Crippen LogP contribution in [-0.2, 0) is 4.74 Å². The third-order valence-corrected chi connectivity index (χ3v) is 6.58. The predicted molar refractivity (Wildman–Crippen MR) is 117 cm³/mol. The van der Waals surface area contributed by atoms with E-state index in [1.54, 1.807) is 15.9 Å². The summed E-state index contributed by atoms with van der Waals surface area (Å²) in [5.74, 6) is 0.530. The Labute approximate surface area is 172 Å². The van der Waals surface area contributed by atoms with Crippen molar-refractivity contribution in [3.8, 4) is 11.1 Å². The fourth-order valence-electron chi connectivity index (χ4n) is 3.89. The Morgan fingerprint density at radius 2 is 2.07 bits per heavy atom. The lowest BCUT2D eigenvalue weighted by Gasteiger charge is -2.21. The van der Waals surface area contributed by atoms with E-state index >= 15 is 0 Å². The fraction of sp³-hybridized carbons (Fsp3) is 0.318. The lowest BCUT2D eigenvalue weighted by molar-refractivity contribution is 0.0575. The van der Waals surface area contributed by atoms with Gasteiger partial charge in [0.1, 0.15) is 0 Å². The molecule has 29 heavy (non-hydrogen) atoms. The van der Waals surface area contributed by atoms with Gasteiger partial charge in [0.15, 0.2) is 5.13 Å². The van der Waals surface area contributed by atoms with Gasteiger partial charge in [0, 0.05) is 44.6 Å². The Morgan fingerprint density at radius 1 is 1.21 bits per heavy atom. The fourth-order valence-corrected chi connectivity index (χ4v) is 4.75.